The van der Waals surface area contributed by atoms with Crippen molar-refractivity contribution in [3.63, 3.8) is 0 Å². The first-order valence-corrected chi connectivity index (χ1v) is 10.9. The molecule has 154 valence electrons. The molecule has 30 heavy (non-hydrogen) atoms. The van der Waals surface area contributed by atoms with Gasteiger partial charge in [-0.05, 0) is 37.1 Å². The fourth-order valence-electron chi connectivity index (χ4n) is 3.45. The third-order valence-corrected chi connectivity index (χ3v) is 6.03. The molecule has 0 bridgehead atoms. The molecule has 0 saturated carbocycles. The zero-order valence-corrected chi connectivity index (χ0v) is 17.2. The molecule has 1 N–H and O–H groups in total. The SMILES string of the molecule is N#Cc1nc(-c2ccco2)oc1N1CCC(C(=O)NCCSc2ccccc2)CC1. The highest BCUT2D eigenvalue weighted by molar-refractivity contribution is 7.99. The highest BCUT2D eigenvalue weighted by atomic mass is 32.2. The van der Waals surface area contributed by atoms with Crippen molar-refractivity contribution in [3.8, 4) is 17.7 Å². The number of amides is 1. The van der Waals surface area contributed by atoms with Crippen LogP contribution in [0.25, 0.3) is 11.7 Å². The maximum absolute atomic E-state index is 12.5. The number of piperidine rings is 1. The van der Waals surface area contributed by atoms with E-state index in [0.717, 1.165) is 5.75 Å². The number of hydrogen-bond donors (Lipinski definition) is 1. The van der Waals surface area contributed by atoms with Crippen LogP contribution in [-0.4, -0.2) is 36.3 Å². The first kappa shape index (κ1) is 20.1. The second-order valence-electron chi connectivity index (χ2n) is 6.98. The molecule has 3 heterocycles. The molecule has 7 nitrogen and oxygen atoms in total. The molecule has 1 saturated heterocycles. The number of furan rings is 1. The second kappa shape index (κ2) is 9.55. The Kier molecular flexibility index (Phi) is 6.40. The van der Waals surface area contributed by atoms with Crippen molar-refractivity contribution in [2.24, 2.45) is 5.92 Å². The lowest BCUT2D eigenvalue weighted by atomic mass is 9.96. The van der Waals surface area contributed by atoms with Gasteiger partial charge in [0, 0.05) is 36.2 Å². The van der Waals surface area contributed by atoms with E-state index in [0.29, 0.717) is 50.0 Å². The fourth-order valence-corrected chi connectivity index (χ4v) is 4.24. The summed E-state index contributed by atoms with van der Waals surface area (Å²) in [5, 5.41) is 12.5. The lowest BCUT2D eigenvalue weighted by molar-refractivity contribution is -0.125. The first-order valence-electron chi connectivity index (χ1n) is 9.90. The molecular formula is C22H22N4O3S. The number of nitriles is 1. The summed E-state index contributed by atoms with van der Waals surface area (Å²) in [6, 6.07) is 15.7. The van der Waals surface area contributed by atoms with Crippen LogP contribution in [-0.2, 0) is 4.79 Å². The highest BCUT2D eigenvalue weighted by Gasteiger charge is 2.29. The molecule has 0 unspecified atom stereocenters. The van der Waals surface area contributed by atoms with Gasteiger partial charge < -0.3 is 19.1 Å². The van der Waals surface area contributed by atoms with Gasteiger partial charge in [-0.2, -0.15) is 10.2 Å². The molecule has 0 atom stereocenters. The van der Waals surface area contributed by atoms with E-state index < -0.39 is 0 Å². The number of benzene rings is 1. The minimum Gasteiger partial charge on any atom is -0.459 e. The largest absolute Gasteiger partial charge is 0.459 e. The van der Waals surface area contributed by atoms with Crippen LogP contribution in [0.1, 0.15) is 18.5 Å². The van der Waals surface area contributed by atoms with Crippen molar-refractivity contribution in [2.75, 3.05) is 30.3 Å². The van der Waals surface area contributed by atoms with Crippen LogP contribution in [0.4, 0.5) is 5.88 Å². The smallest absolute Gasteiger partial charge is 0.266 e. The van der Waals surface area contributed by atoms with Gasteiger partial charge in [-0.3, -0.25) is 4.79 Å². The van der Waals surface area contributed by atoms with E-state index in [-0.39, 0.29) is 17.5 Å². The Labute approximate surface area is 179 Å². The van der Waals surface area contributed by atoms with Crippen LogP contribution in [0.2, 0.25) is 0 Å². The van der Waals surface area contributed by atoms with Gasteiger partial charge >= 0.3 is 0 Å². The van der Waals surface area contributed by atoms with Gasteiger partial charge in [0.2, 0.25) is 17.5 Å². The molecule has 1 aliphatic heterocycles. The zero-order valence-electron chi connectivity index (χ0n) is 16.4. The topological polar surface area (TPSA) is 95.3 Å². The van der Waals surface area contributed by atoms with Gasteiger partial charge in [0.05, 0.1) is 6.26 Å². The summed E-state index contributed by atoms with van der Waals surface area (Å²) >= 11 is 1.73. The van der Waals surface area contributed by atoms with E-state index in [1.807, 2.05) is 23.1 Å². The molecule has 4 rings (SSSR count). The Bertz CT molecular complexity index is 1000. The second-order valence-corrected chi connectivity index (χ2v) is 8.14. The zero-order chi connectivity index (χ0) is 20.8. The van der Waals surface area contributed by atoms with E-state index >= 15 is 0 Å². The van der Waals surface area contributed by atoms with Gasteiger partial charge in [-0.15, -0.1) is 11.8 Å². The maximum atomic E-state index is 12.5. The number of rotatable bonds is 7. The predicted octanol–water partition coefficient (Wildman–Crippen LogP) is 3.93. The Morgan fingerprint density at radius 3 is 2.73 bits per heavy atom. The van der Waals surface area contributed by atoms with Crippen molar-refractivity contribution < 1.29 is 13.6 Å². The normalized spacial score (nSPS) is 14.4. The summed E-state index contributed by atoms with van der Waals surface area (Å²) in [4.78, 5) is 19.9. The summed E-state index contributed by atoms with van der Waals surface area (Å²) in [5.41, 5.74) is 0.238. The van der Waals surface area contributed by atoms with Gasteiger partial charge in [-0.1, -0.05) is 18.2 Å². The van der Waals surface area contributed by atoms with Crippen molar-refractivity contribution in [1.82, 2.24) is 10.3 Å². The maximum Gasteiger partial charge on any atom is 0.266 e. The van der Waals surface area contributed by atoms with Gasteiger partial charge in [-0.25, -0.2) is 0 Å². The Morgan fingerprint density at radius 2 is 2.03 bits per heavy atom. The lowest BCUT2D eigenvalue weighted by Crippen LogP contribution is -2.41. The van der Waals surface area contributed by atoms with Crippen LogP contribution in [0.15, 0.2) is 62.5 Å². The molecule has 2 aromatic heterocycles. The number of oxazole rings is 1. The summed E-state index contributed by atoms with van der Waals surface area (Å²) in [5.74, 6) is 2.14. The van der Waals surface area contributed by atoms with Gasteiger partial charge in [0.1, 0.15) is 6.07 Å². The number of nitrogens with zero attached hydrogens (tertiary/aromatic N) is 3. The van der Waals surface area contributed by atoms with E-state index in [1.54, 1.807) is 23.9 Å². The number of carbonyl (C=O) groups is 1. The van der Waals surface area contributed by atoms with E-state index in [9.17, 15) is 10.1 Å². The molecule has 3 aromatic rings. The number of aromatic nitrogens is 1. The monoisotopic (exact) mass is 422 g/mol. The lowest BCUT2D eigenvalue weighted by Gasteiger charge is -2.30. The minimum atomic E-state index is -0.0269. The number of thioether (sulfide) groups is 1. The van der Waals surface area contributed by atoms with E-state index in [1.165, 1.54) is 11.2 Å². The van der Waals surface area contributed by atoms with Crippen LogP contribution in [0, 0.1) is 17.2 Å². The number of carbonyl (C=O) groups excluding carboxylic acids is 1. The van der Waals surface area contributed by atoms with Crippen molar-refractivity contribution >= 4 is 23.6 Å². The molecule has 1 aromatic carbocycles. The Balaban J connectivity index is 1.26. The number of nitrogens with one attached hydrogen (secondary N) is 1. The first-order chi connectivity index (χ1) is 14.7. The summed E-state index contributed by atoms with van der Waals surface area (Å²) in [6.45, 7) is 1.92. The number of anilines is 1. The molecule has 8 heteroatoms. The van der Waals surface area contributed by atoms with Crippen molar-refractivity contribution in [1.29, 1.82) is 5.26 Å². The van der Waals surface area contributed by atoms with Gasteiger partial charge in [0.25, 0.3) is 5.89 Å². The van der Waals surface area contributed by atoms with E-state index in [4.69, 9.17) is 8.83 Å². The van der Waals surface area contributed by atoms with Crippen LogP contribution in [0.3, 0.4) is 0 Å². The third kappa shape index (κ3) is 4.69. The van der Waals surface area contributed by atoms with Crippen LogP contribution < -0.4 is 10.2 Å². The third-order valence-electron chi connectivity index (χ3n) is 5.01. The molecule has 0 aliphatic carbocycles. The molecule has 0 spiro atoms. The molecule has 1 fully saturated rings. The average Bonchev–Trinajstić information content (AvgIpc) is 3.47. The molecule has 1 amide bonds. The summed E-state index contributed by atoms with van der Waals surface area (Å²) in [7, 11) is 0. The van der Waals surface area contributed by atoms with Crippen molar-refractivity contribution in [2.45, 2.75) is 17.7 Å². The minimum absolute atomic E-state index is 0.0269. The number of hydrogen-bond acceptors (Lipinski definition) is 7. The Hall–Kier alpha value is -3.18. The fraction of sp³-hybridized carbons (Fsp3) is 0.318. The molecular weight excluding hydrogens is 400 g/mol. The van der Waals surface area contributed by atoms with E-state index in [2.05, 4.69) is 28.5 Å². The summed E-state index contributed by atoms with van der Waals surface area (Å²) in [6.07, 6.45) is 2.95. The van der Waals surface area contributed by atoms with Gasteiger partial charge in [0.15, 0.2) is 5.76 Å². The standard InChI is InChI=1S/C22H22N4O3S/c23-15-18-22(29-21(25-18)19-7-4-13-28-19)26-11-8-16(9-12-26)20(27)24-10-14-30-17-5-2-1-3-6-17/h1-7,13,16H,8-12,14H2,(H,24,27). The predicted molar refractivity (Wildman–Crippen MR) is 114 cm³/mol. The average molecular weight is 423 g/mol. The molecule has 1 aliphatic rings. The van der Waals surface area contributed by atoms with Crippen molar-refractivity contribution in [3.05, 3.63) is 54.4 Å². The highest BCUT2D eigenvalue weighted by Crippen LogP contribution is 2.31. The summed E-state index contributed by atoms with van der Waals surface area (Å²) < 4.78 is 11.1. The van der Waals surface area contributed by atoms with Crippen LogP contribution in [0.5, 0.6) is 0 Å². The Morgan fingerprint density at radius 1 is 1.23 bits per heavy atom. The quantitative estimate of drug-likeness (QED) is 0.455. The molecule has 0 radical (unpaired) electrons. The van der Waals surface area contributed by atoms with Crippen LogP contribution >= 0.6 is 11.8 Å².